The van der Waals surface area contributed by atoms with E-state index in [1.54, 1.807) is 4.90 Å². The normalized spacial score (nSPS) is 20.6. The van der Waals surface area contributed by atoms with Gasteiger partial charge in [-0.25, -0.2) is 4.79 Å². The van der Waals surface area contributed by atoms with Gasteiger partial charge in [0.05, 0.1) is 5.75 Å². The first-order chi connectivity index (χ1) is 8.28. The number of aliphatic carboxylic acids is 1. The molecule has 0 aliphatic carbocycles. The average Bonchev–Trinajstić information content (AvgIpc) is 2.24. The van der Waals surface area contributed by atoms with Crippen molar-refractivity contribution >= 4 is 23.8 Å². The molecule has 6 heteroatoms. The summed E-state index contributed by atoms with van der Waals surface area (Å²) < 4.78 is 5.31. The summed E-state index contributed by atoms with van der Waals surface area (Å²) in [6.07, 6.45) is 1.55. The van der Waals surface area contributed by atoms with Crippen LogP contribution in [-0.4, -0.2) is 51.8 Å². The molecule has 0 aromatic heterocycles. The van der Waals surface area contributed by atoms with Gasteiger partial charge in [0.1, 0.15) is 5.60 Å². The Morgan fingerprint density at radius 1 is 1.44 bits per heavy atom. The molecule has 1 saturated heterocycles. The highest BCUT2D eigenvalue weighted by Gasteiger charge is 2.27. The number of hydrogen-bond donors (Lipinski definition) is 1. The van der Waals surface area contributed by atoms with Gasteiger partial charge < -0.3 is 14.7 Å². The standard InChI is InChI=1S/C12H21NO4S/c1-12(2,3)17-11(16)13-6-4-5-9(7-13)18-8-10(14)15/h9H,4-8H2,1-3H3,(H,14,15)/t9-/m0/s1. The van der Waals surface area contributed by atoms with Crippen LogP contribution in [0.15, 0.2) is 0 Å². The van der Waals surface area contributed by atoms with E-state index >= 15 is 0 Å². The van der Waals surface area contributed by atoms with Crippen molar-refractivity contribution < 1.29 is 19.4 Å². The Morgan fingerprint density at radius 2 is 2.11 bits per heavy atom. The fraction of sp³-hybridized carbons (Fsp3) is 0.833. The molecule has 104 valence electrons. The van der Waals surface area contributed by atoms with Crippen molar-refractivity contribution in [3.8, 4) is 0 Å². The van der Waals surface area contributed by atoms with E-state index < -0.39 is 11.6 Å². The lowest BCUT2D eigenvalue weighted by atomic mass is 10.1. The molecule has 5 nitrogen and oxygen atoms in total. The lowest BCUT2D eigenvalue weighted by Crippen LogP contribution is -2.44. The minimum Gasteiger partial charge on any atom is -0.481 e. The minimum absolute atomic E-state index is 0.0901. The van der Waals surface area contributed by atoms with Crippen LogP contribution in [0.2, 0.25) is 0 Å². The molecule has 0 aromatic rings. The van der Waals surface area contributed by atoms with Gasteiger partial charge in [-0.1, -0.05) is 0 Å². The highest BCUT2D eigenvalue weighted by Crippen LogP contribution is 2.23. The third-order valence-electron chi connectivity index (χ3n) is 2.47. The van der Waals surface area contributed by atoms with Crippen molar-refractivity contribution in [2.24, 2.45) is 0 Å². The Labute approximate surface area is 112 Å². The number of rotatable bonds is 3. The number of carbonyl (C=O) groups excluding carboxylic acids is 1. The zero-order chi connectivity index (χ0) is 13.8. The first kappa shape index (κ1) is 15.1. The van der Waals surface area contributed by atoms with Crippen molar-refractivity contribution in [2.45, 2.75) is 44.5 Å². The lowest BCUT2D eigenvalue weighted by Gasteiger charge is -2.33. The quantitative estimate of drug-likeness (QED) is 0.855. The van der Waals surface area contributed by atoms with Crippen LogP contribution in [0.1, 0.15) is 33.6 Å². The minimum atomic E-state index is -0.811. The van der Waals surface area contributed by atoms with E-state index in [2.05, 4.69) is 0 Å². The van der Waals surface area contributed by atoms with Crippen molar-refractivity contribution in [2.75, 3.05) is 18.8 Å². The van der Waals surface area contributed by atoms with E-state index in [1.165, 1.54) is 11.8 Å². The summed E-state index contributed by atoms with van der Waals surface area (Å²) in [6, 6.07) is 0. The first-order valence-corrected chi connectivity index (χ1v) is 7.14. The van der Waals surface area contributed by atoms with Crippen molar-refractivity contribution in [1.29, 1.82) is 0 Å². The van der Waals surface area contributed by atoms with E-state index in [-0.39, 0.29) is 17.1 Å². The fourth-order valence-electron chi connectivity index (χ4n) is 1.76. The summed E-state index contributed by atoms with van der Waals surface area (Å²) >= 11 is 1.40. The van der Waals surface area contributed by atoms with Gasteiger partial charge in [0.2, 0.25) is 0 Å². The number of nitrogens with zero attached hydrogens (tertiary/aromatic N) is 1. The molecule has 0 radical (unpaired) electrons. The molecule has 1 aliphatic rings. The van der Waals surface area contributed by atoms with Gasteiger partial charge in [0.15, 0.2) is 0 Å². The van der Waals surface area contributed by atoms with Gasteiger partial charge in [-0.05, 0) is 33.6 Å². The van der Waals surface area contributed by atoms with Gasteiger partial charge in [0.25, 0.3) is 0 Å². The van der Waals surface area contributed by atoms with E-state index in [4.69, 9.17) is 9.84 Å². The lowest BCUT2D eigenvalue weighted by molar-refractivity contribution is -0.133. The van der Waals surface area contributed by atoms with Crippen LogP contribution in [-0.2, 0) is 9.53 Å². The fourth-order valence-corrected chi connectivity index (χ4v) is 2.75. The monoisotopic (exact) mass is 275 g/mol. The second kappa shape index (κ2) is 6.31. The molecule has 1 rings (SSSR count). The summed E-state index contributed by atoms with van der Waals surface area (Å²) in [7, 11) is 0. The largest absolute Gasteiger partial charge is 0.481 e. The Balaban J connectivity index is 2.43. The highest BCUT2D eigenvalue weighted by atomic mass is 32.2. The van der Waals surface area contributed by atoms with Gasteiger partial charge in [-0.2, -0.15) is 0 Å². The number of likely N-dealkylation sites (tertiary alicyclic amines) is 1. The number of ether oxygens (including phenoxy) is 1. The first-order valence-electron chi connectivity index (χ1n) is 6.09. The van der Waals surface area contributed by atoms with Crippen molar-refractivity contribution in [3.05, 3.63) is 0 Å². The Bertz CT molecular complexity index is 314. The Morgan fingerprint density at radius 3 is 2.67 bits per heavy atom. The number of carboxylic acid groups (broad SMARTS) is 1. The summed E-state index contributed by atoms with van der Waals surface area (Å²) in [4.78, 5) is 24.1. The number of hydrogen-bond acceptors (Lipinski definition) is 4. The molecule has 1 heterocycles. The van der Waals surface area contributed by atoms with E-state index in [9.17, 15) is 9.59 Å². The summed E-state index contributed by atoms with van der Waals surface area (Å²) in [5, 5.41) is 8.84. The molecule has 0 unspecified atom stereocenters. The van der Waals surface area contributed by atoms with Crippen LogP contribution >= 0.6 is 11.8 Å². The topological polar surface area (TPSA) is 66.8 Å². The van der Waals surface area contributed by atoms with Crippen molar-refractivity contribution in [1.82, 2.24) is 4.90 Å². The SMILES string of the molecule is CC(C)(C)OC(=O)N1CCC[C@H](SCC(=O)O)C1. The molecular weight excluding hydrogens is 254 g/mol. The second-order valence-electron chi connectivity index (χ2n) is 5.40. The number of carbonyl (C=O) groups is 2. The second-order valence-corrected chi connectivity index (χ2v) is 6.68. The van der Waals surface area contributed by atoms with Crippen molar-refractivity contribution in [3.63, 3.8) is 0 Å². The molecule has 1 fully saturated rings. The molecule has 0 spiro atoms. The molecule has 1 atom stereocenters. The number of piperidine rings is 1. The Kier molecular flexibility index (Phi) is 5.31. The predicted octanol–water partition coefficient (Wildman–Crippen LogP) is 2.20. The molecular formula is C12H21NO4S. The molecule has 0 saturated carbocycles. The highest BCUT2D eigenvalue weighted by molar-refractivity contribution is 8.00. The van der Waals surface area contributed by atoms with Gasteiger partial charge >= 0.3 is 12.1 Å². The molecule has 1 aliphatic heterocycles. The zero-order valence-corrected chi connectivity index (χ0v) is 12.0. The third kappa shape index (κ3) is 5.62. The number of amides is 1. The van der Waals surface area contributed by atoms with Crippen LogP contribution in [0, 0.1) is 0 Å². The number of carboxylic acids is 1. The van der Waals surface area contributed by atoms with Gasteiger partial charge in [-0.15, -0.1) is 11.8 Å². The maximum atomic E-state index is 11.9. The average molecular weight is 275 g/mol. The maximum absolute atomic E-state index is 11.9. The van der Waals surface area contributed by atoms with Gasteiger partial charge in [-0.3, -0.25) is 4.79 Å². The van der Waals surface area contributed by atoms with E-state index in [0.29, 0.717) is 13.1 Å². The molecule has 0 aromatic carbocycles. The molecule has 1 N–H and O–H groups in total. The summed E-state index contributed by atoms with van der Waals surface area (Å²) in [5.74, 6) is -0.721. The van der Waals surface area contributed by atoms with Crippen LogP contribution in [0.25, 0.3) is 0 Å². The van der Waals surface area contributed by atoms with Crippen LogP contribution in [0.3, 0.4) is 0 Å². The smallest absolute Gasteiger partial charge is 0.410 e. The Hall–Kier alpha value is -0.910. The summed E-state index contributed by atoms with van der Waals surface area (Å²) in [6.45, 7) is 6.79. The van der Waals surface area contributed by atoms with E-state index in [0.717, 1.165) is 12.8 Å². The van der Waals surface area contributed by atoms with E-state index in [1.807, 2.05) is 20.8 Å². The molecule has 0 bridgehead atoms. The summed E-state index contributed by atoms with van der Waals surface area (Å²) in [5.41, 5.74) is -0.488. The zero-order valence-electron chi connectivity index (χ0n) is 11.1. The maximum Gasteiger partial charge on any atom is 0.410 e. The van der Waals surface area contributed by atoms with Crippen LogP contribution in [0.5, 0.6) is 0 Å². The van der Waals surface area contributed by atoms with Crippen LogP contribution < -0.4 is 0 Å². The predicted molar refractivity (Wildman–Crippen MR) is 70.9 cm³/mol. The molecule has 18 heavy (non-hydrogen) atoms. The number of thioether (sulfide) groups is 1. The van der Waals surface area contributed by atoms with Gasteiger partial charge in [0, 0.05) is 18.3 Å². The third-order valence-corrected chi connectivity index (χ3v) is 3.74. The van der Waals surface area contributed by atoms with Crippen LogP contribution in [0.4, 0.5) is 4.79 Å². The molecule has 1 amide bonds.